The third-order valence-corrected chi connectivity index (χ3v) is 4.00. The third-order valence-electron chi connectivity index (χ3n) is 4.00. The van der Waals surface area contributed by atoms with E-state index in [2.05, 4.69) is 10.2 Å². The molecule has 7 heteroatoms. The summed E-state index contributed by atoms with van der Waals surface area (Å²) >= 11 is 0. The zero-order chi connectivity index (χ0) is 17.4. The fourth-order valence-electron chi connectivity index (χ4n) is 2.50. The van der Waals surface area contributed by atoms with Gasteiger partial charge in [-0.3, -0.25) is 14.5 Å². The molecule has 132 valence electrons. The number of hydrogen-bond acceptors (Lipinski definition) is 4. The van der Waals surface area contributed by atoms with Crippen molar-refractivity contribution in [1.29, 1.82) is 0 Å². The minimum Gasteiger partial charge on any atom is -0.379 e. The van der Waals surface area contributed by atoms with Crippen molar-refractivity contribution in [2.75, 3.05) is 45.9 Å². The molecule has 0 saturated carbocycles. The summed E-state index contributed by atoms with van der Waals surface area (Å²) in [6.45, 7) is 5.81. The summed E-state index contributed by atoms with van der Waals surface area (Å²) in [7, 11) is 0. The first-order valence-corrected chi connectivity index (χ1v) is 8.12. The van der Waals surface area contributed by atoms with Crippen LogP contribution in [-0.2, 0) is 20.9 Å². The molecular formula is C17H24FN3O3. The Hall–Kier alpha value is -1.99. The van der Waals surface area contributed by atoms with Crippen LogP contribution >= 0.6 is 0 Å². The standard InChI is InChI=1S/C17H24FN3O3/c1-14(22)21(7-6-20-8-10-24-11-9-20)13-17(23)19-12-15-4-2-3-5-16(15)18/h2-5H,6-13H2,1H3,(H,19,23). The number of hydrogen-bond donors (Lipinski definition) is 1. The van der Waals surface area contributed by atoms with Gasteiger partial charge in [-0.1, -0.05) is 18.2 Å². The van der Waals surface area contributed by atoms with Gasteiger partial charge in [0.25, 0.3) is 0 Å². The lowest BCUT2D eigenvalue weighted by atomic mass is 10.2. The Morgan fingerprint density at radius 3 is 2.67 bits per heavy atom. The number of nitrogens with one attached hydrogen (secondary N) is 1. The number of carbonyl (C=O) groups is 2. The van der Waals surface area contributed by atoms with E-state index in [4.69, 9.17) is 4.74 Å². The minimum absolute atomic E-state index is 0.0197. The molecular weight excluding hydrogens is 313 g/mol. The van der Waals surface area contributed by atoms with Crippen LogP contribution in [0.15, 0.2) is 24.3 Å². The highest BCUT2D eigenvalue weighted by atomic mass is 19.1. The molecule has 0 radical (unpaired) electrons. The topological polar surface area (TPSA) is 61.9 Å². The van der Waals surface area contributed by atoms with Gasteiger partial charge in [-0.2, -0.15) is 0 Å². The summed E-state index contributed by atoms with van der Waals surface area (Å²) in [6.07, 6.45) is 0. The Balaban J connectivity index is 1.77. The number of halogens is 1. The Morgan fingerprint density at radius 1 is 1.29 bits per heavy atom. The molecule has 1 saturated heterocycles. The van der Waals surface area contributed by atoms with Crippen LogP contribution < -0.4 is 5.32 Å². The van der Waals surface area contributed by atoms with Gasteiger partial charge in [-0.15, -0.1) is 0 Å². The van der Waals surface area contributed by atoms with Crippen LogP contribution in [0.5, 0.6) is 0 Å². The second kappa shape index (κ2) is 9.34. The van der Waals surface area contributed by atoms with E-state index in [-0.39, 0.29) is 30.7 Å². The molecule has 2 rings (SSSR count). The first-order chi connectivity index (χ1) is 11.6. The van der Waals surface area contributed by atoms with Crippen LogP contribution in [-0.4, -0.2) is 67.6 Å². The van der Waals surface area contributed by atoms with Gasteiger partial charge in [0, 0.05) is 45.2 Å². The molecule has 1 heterocycles. The van der Waals surface area contributed by atoms with Crippen molar-refractivity contribution in [1.82, 2.24) is 15.1 Å². The van der Waals surface area contributed by atoms with E-state index >= 15 is 0 Å². The zero-order valence-electron chi connectivity index (χ0n) is 14.0. The predicted molar refractivity (Wildman–Crippen MR) is 87.8 cm³/mol. The number of nitrogens with zero attached hydrogens (tertiary/aromatic N) is 2. The Bertz CT molecular complexity index is 562. The molecule has 1 aliphatic rings. The molecule has 0 spiro atoms. The van der Waals surface area contributed by atoms with Gasteiger partial charge < -0.3 is 15.0 Å². The van der Waals surface area contributed by atoms with Crippen molar-refractivity contribution in [3.63, 3.8) is 0 Å². The van der Waals surface area contributed by atoms with E-state index in [0.29, 0.717) is 31.9 Å². The number of ether oxygens (including phenoxy) is 1. The van der Waals surface area contributed by atoms with Gasteiger partial charge in [0.2, 0.25) is 11.8 Å². The first-order valence-electron chi connectivity index (χ1n) is 8.12. The fraction of sp³-hybridized carbons (Fsp3) is 0.529. The maximum atomic E-state index is 13.5. The van der Waals surface area contributed by atoms with Crippen molar-refractivity contribution in [3.8, 4) is 0 Å². The average Bonchev–Trinajstić information content (AvgIpc) is 2.58. The second-order valence-corrected chi connectivity index (χ2v) is 5.76. The average molecular weight is 337 g/mol. The lowest BCUT2D eigenvalue weighted by Gasteiger charge is -2.29. The smallest absolute Gasteiger partial charge is 0.239 e. The van der Waals surface area contributed by atoms with Gasteiger partial charge in [0.05, 0.1) is 19.8 Å². The molecule has 0 aromatic heterocycles. The van der Waals surface area contributed by atoms with Crippen molar-refractivity contribution in [3.05, 3.63) is 35.6 Å². The molecule has 1 aromatic carbocycles. The summed E-state index contributed by atoms with van der Waals surface area (Å²) in [5.74, 6) is -0.798. The van der Waals surface area contributed by atoms with E-state index in [1.54, 1.807) is 18.2 Å². The van der Waals surface area contributed by atoms with Crippen LogP contribution in [0, 0.1) is 5.82 Å². The molecule has 0 unspecified atom stereocenters. The predicted octanol–water partition coefficient (Wildman–Crippen LogP) is 0.623. The number of morpholine rings is 1. The maximum absolute atomic E-state index is 13.5. The molecule has 0 bridgehead atoms. The van der Waals surface area contributed by atoms with E-state index in [1.807, 2.05) is 0 Å². The number of amides is 2. The number of carbonyl (C=O) groups excluding carboxylic acids is 2. The van der Waals surface area contributed by atoms with E-state index in [9.17, 15) is 14.0 Å². The highest BCUT2D eigenvalue weighted by molar-refractivity contribution is 5.83. The van der Waals surface area contributed by atoms with Gasteiger partial charge in [-0.05, 0) is 6.07 Å². The lowest BCUT2D eigenvalue weighted by Crippen LogP contribution is -2.45. The van der Waals surface area contributed by atoms with E-state index in [1.165, 1.54) is 17.9 Å². The van der Waals surface area contributed by atoms with Crippen LogP contribution in [0.25, 0.3) is 0 Å². The molecule has 1 aliphatic heterocycles. The molecule has 2 amide bonds. The molecule has 1 aromatic rings. The van der Waals surface area contributed by atoms with Crippen molar-refractivity contribution < 1.29 is 18.7 Å². The lowest BCUT2D eigenvalue weighted by molar-refractivity contribution is -0.134. The van der Waals surface area contributed by atoms with Crippen LogP contribution in [0.2, 0.25) is 0 Å². The zero-order valence-corrected chi connectivity index (χ0v) is 14.0. The van der Waals surface area contributed by atoms with Crippen molar-refractivity contribution in [2.24, 2.45) is 0 Å². The Kier molecular flexibility index (Phi) is 7.14. The molecule has 1 N–H and O–H groups in total. The molecule has 0 atom stereocenters. The second-order valence-electron chi connectivity index (χ2n) is 5.76. The van der Waals surface area contributed by atoms with Gasteiger partial charge in [0.15, 0.2) is 0 Å². The fourth-order valence-corrected chi connectivity index (χ4v) is 2.50. The van der Waals surface area contributed by atoms with E-state index in [0.717, 1.165) is 13.1 Å². The number of rotatable bonds is 7. The SMILES string of the molecule is CC(=O)N(CCN1CCOCC1)CC(=O)NCc1ccccc1F. The highest BCUT2D eigenvalue weighted by Crippen LogP contribution is 2.05. The third kappa shape index (κ3) is 5.90. The molecule has 24 heavy (non-hydrogen) atoms. The molecule has 6 nitrogen and oxygen atoms in total. The van der Waals surface area contributed by atoms with E-state index < -0.39 is 0 Å². The number of benzene rings is 1. The largest absolute Gasteiger partial charge is 0.379 e. The monoisotopic (exact) mass is 337 g/mol. The summed E-state index contributed by atoms with van der Waals surface area (Å²) in [6, 6.07) is 6.29. The summed E-state index contributed by atoms with van der Waals surface area (Å²) in [4.78, 5) is 27.5. The Morgan fingerprint density at radius 2 is 2.00 bits per heavy atom. The van der Waals surface area contributed by atoms with Crippen LogP contribution in [0.4, 0.5) is 4.39 Å². The minimum atomic E-state index is -0.353. The first kappa shape index (κ1) is 18.4. The van der Waals surface area contributed by atoms with Crippen LogP contribution in [0.1, 0.15) is 12.5 Å². The van der Waals surface area contributed by atoms with Crippen molar-refractivity contribution >= 4 is 11.8 Å². The normalized spacial score (nSPS) is 15.1. The summed E-state index contributed by atoms with van der Waals surface area (Å²) in [5, 5.41) is 2.66. The van der Waals surface area contributed by atoms with Gasteiger partial charge in [0.1, 0.15) is 5.82 Å². The summed E-state index contributed by atoms with van der Waals surface area (Å²) < 4.78 is 18.8. The maximum Gasteiger partial charge on any atom is 0.239 e. The molecule has 0 aliphatic carbocycles. The van der Waals surface area contributed by atoms with Crippen molar-refractivity contribution in [2.45, 2.75) is 13.5 Å². The van der Waals surface area contributed by atoms with Gasteiger partial charge in [-0.25, -0.2) is 4.39 Å². The van der Waals surface area contributed by atoms with Crippen LogP contribution in [0.3, 0.4) is 0 Å². The molecule has 1 fully saturated rings. The quantitative estimate of drug-likeness (QED) is 0.792. The highest BCUT2D eigenvalue weighted by Gasteiger charge is 2.16. The van der Waals surface area contributed by atoms with Gasteiger partial charge >= 0.3 is 0 Å². The Labute approximate surface area is 141 Å². The summed E-state index contributed by atoms with van der Waals surface area (Å²) in [5.41, 5.74) is 0.425.